The van der Waals surface area contributed by atoms with Gasteiger partial charge in [-0.15, -0.1) is 0 Å². The Hall–Kier alpha value is -1.52. The standard InChI is InChI=1S/C15H17ClN4/c1-17-12-6-2-3-7-13-10(12)9-19-15(20-13)14-11(16)5-4-8-18-14/h4-5,8-9,12,17H,2-3,6-7H2,1H3. The number of pyridine rings is 1. The topological polar surface area (TPSA) is 50.7 Å². The molecule has 1 unspecified atom stereocenters. The molecule has 0 saturated heterocycles. The first kappa shape index (κ1) is 13.5. The summed E-state index contributed by atoms with van der Waals surface area (Å²) >= 11 is 6.18. The van der Waals surface area contributed by atoms with E-state index in [4.69, 9.17) is 16.6 Å². The van der Waals surface area contributed by atoms with Crippen LogP contribution in [0, 0.1) is 0 Å². The van der Waals surface area contributed by atoms with E-state index >= 15 is 0 Å². The highest BCUT2D eigenvalue weighted by Crippen LogP contribution is 2.29. The van der Waals surface area contributed by atoms with Gasteiger partial charge in [0.15, 0.2) is 5.82 Å². The van der Waals surface area contributed by atoms with Crippen LogP contribution in [0.5, 0.6) is 0 Å². The van der Waals surface area contributed by atoms with Crippen LogP contribution in [-0.2, 0) is 6.42 Å². The summed E-state index contributed by atoms with van der Waals surface area (Å²) in [5.41, 5.74) is 2.98. The summed E-state index contributed by atoms with van der Waals surface area (Å²) in [6.45, 7) is 0. The van der Waals surface area contributed by atoms with Gasteiger partial charge < -0.3 is 5.32 Å². The summed E-state index contributed by atoms with van der Waals surface area (Å²) in [5.74, 6) is 0.617. The lowest BCUT2D eigenvalue weighted by atomic mass is 10.1. The molecule has 104 valence electrons. The Labute approximate surface area is 123 Å². The summed E-state index contributed by atoms with van der Waals surface area (Å²) in [7, 11) is 1.99. The third-order valence-electron chi connectivity index (χ3n) is 3.75. The van der Waals surface area contributed by atoms with E-state index in [0.29, 0.717) is 22.6 Å². The number of nitrogens with zero attached hydrogens (tertiary/aromatic N) is 3. The molecule has 20 heavy (non-hydrogen) atoms. The molecular weight excluding hydrogens is 272 g/mol. The number of nitrogens with one attached hydrogen (secondary N) is 1. The van der Waals surface area contributed by atoms with Crippen molar-refractivity contribution in [2.75, 3.05) is 7.05 Å². The van der Waals surface area contributed by atoms with Gasteiger partial charge in [-0.05, 0) is 38.4 Å². The van der Waals surface area contributed by atoms with Crippen molar-refractivity contribution < 1.29 is 0 Å². The Kier molecular flexibility index (Phi) is 3.94. The summed E-state index contributed by atoms with van der Waals surface area (Å²) in [4.78, 5) is 13.5. The fraction of sp³-hybridized carbons (Fsp3) is 0.400. The third kappa shape index (κ3) is 2.53. The first-order valence-electron chi connectivity index (χ1n) is 6.93. The van der Waals surface area contributed by atoms with E-state index in [1.54, 1.807) is 6.20 Å². The zero-order valence-electron chi connectivity index (χ0n) is 11.4. The van der Waals surface area contributed by atoms with E-state index in [1.165, 1.54) is 12.0 Å². The minimum Gasteiger partial charge on any atom is -0.313 e. The molecule has 0 aliphatic heterocycles. The molecule has 1 atom stereocenters. The smallest absolute Gasteiger partial charge is 0.179 e. The van der Waals surface area contributed by atoms with Gasteiger partial charge in [-0.1, -0.05) is 18.0 Å². The van der Waals surface area contributed by atoms with E-state index in [2.05, 4.69) is 15.3 Å². The van der Waals surface area contributed by atoms with Gasteiger partial charge in [-0.3, -0.25) is 4.98 Å². The van der Waals surface area contributed by atoms with Gasteiger partial charge >= 0.3 is 0 Å². The van der Waals surface area contributed by atoms with Crippen LogP contribution in [0.4, 0.5) is 0 Å². The second kappa shape index (κ2) is 5.85. The molecule has 4 nitrogen and oxygen atoms in total. The van der Waals surface area contributed by atoms with Gasteiger partial charge in [-0.25, -0.2) is 9.97 Å². The lowest BCUT2D eigenvalue weighted by Crippen LogP contribution is -2.17. The summed E-state index contributed by atoms with van der Waals surface area (Å²) < 4.78 is 0. The van der Waals surface area contributed by atoms with E-state index in [1.807, 2.05) is 25.4 Å². The molecule has 0 saturated carbocycles. The van der Waals surface area contributed by atoms with Crippen LogP contribution >= 0.6 is 11.6 Å². The molecule has 0 spiro atoms. The van der Waals surface area contributed by atoms with Gasteiger partial charge in [0, 0.05) is 29.7 Å². The number of hydrogen-bond donors (Lipinski definition) is 1. The molecule has 0 aromatic carbocycles. The Morgan fingerprint density at radius 3 is 3.00 bits per heavy atom. The van der Waals surface area contributed by atoms with Crippen LogP contribution < -0.4 is 5.32 Å². The normalized spacial score (nSPS) is 18.4. The van der Waals surface area contributed by atoms with E-state index in [9.17, 15) is 0 Å². The Bertz CT molecular complexity index is 615. The van der Waals surface area contributed by atoms with Gasteiger partial charge in [0.1, 0.15) is 5.69 Å². The molecule has 1 aliphatic rings. The van der Waals surface area contributed by atoms with Crippen LogP contribution in [0.3, 0.4) is 0 Å². The monoisotopic (exact) mass is 288 g/mol. The summed E-state index contributed by atoms with van der Waals surface area (Å²) in [5, 5.41) is 3.94. The fourth-order valence-corrected chi connectivity index (χ4v) is 2.88. The third-order valence-corrected chi connectivity index (χ3v) is 4.06. The molecule has 0 fully saturated rings. The second-order valence-corrected chi connectivity index (χ2v) is 5.42. The van der Waals surface area contributed by atoms with Crippen molar-refractivity contribution in [2.24, 2.45) is 0 Å². The highest BCUT2D eigenvalue weighted by molar-refractivity contribution is 6.32. The molecule has 0 radical (unpaired) electrons. The molecule has 2 heterocycles. The number of halogens is 1. The molecule has 5 heteroatoms. The lowest BCUT2D eigenvalue weighted by molar-refractivity contribution is 0.532. The molecule has 1 aliphatic carbocycles. The van der Waals surface area contributed by atoms with Crippen molar-refractivity contribution in [3.8, 4) is 11.5 Å². The van der Waals surface area contributed by atoms with E-state index in [-0.39, 0.29) is 0 Å². The van der Waals surface area contributed by atoms with Crippen LogP contribution in [0.25, 0.3) is 11.5 Å². The quantitative estimate of drug-likeness (QED) is 0.862. The maximum Gasteiger partial charge on any atom is 0.179 e. The van der Waals surface area contributed by atoms with Crippen LogP contribution in [0.1, 0.15) is 36.6 Å². The molecule has 2 aromatic rings. The minimum atomic E-state index is 0.348. The zero-order valence-corrected chi connectivity index (χ0v) is 12.2. The molecule has 3 rings (SSSR count). The van der Waals surface area contributed by atoms with Crippen molar-refractivity contribution in [1.82, 2.24) is 20.3 Å². The molecule has 1 N–H and O–H groups in total. The minimum absolute atomic E-state index is 0.348. The maximum atomic E-state index is 6.18. The van der Waals surface area contributed by atoms with Gasteiger partial charge in [0.25, 0.3) is 0 Å². The van der Waals surface area contributed by atoms with Gasteiger partial charge in [0.05, 0.1) is 5.02 Å². The lowest BCUT2D eigenvalue weighted by Gasteiger charge is -2.16. The van der Waals surface area contributed by atoms with Crippen molar-refractivity contribution in [3.63, 3.8) is 0 Å². The number of aromatic nitrogens is 3. The number of aryl methyl sites for hydroxylation is 1. The molecule has 2 aromatic heterocycles. The number of fused-ring (bicyclic) bond motifs is 1. The van der Waals surface area contributed by atoms with E-state index in [0.717, 1.165) is 25.0 Å². The molecule has 0 bridgehead atoms. The highest BCUT2D eigenvalue weighted by Gasteiger charge is 2.20. The summed E-state index contributed by atoms with van der Waals surface area (Å²) in [6.07, 6.45) is 8.14. The fourth-order valence-electron chi connectivity index (χ4n) is 2.68. The van der Waals surface area contributed by atoms with Crippen molar-refractivity contribution >= 4 is 11.6 Å². The summed E-state index contributed by atoms with van der Waals surface area (Å²) in [6, 6.07) is 3.97. The van der Waals surface area contributed by atoms with Crippen LogP contribution in [0.2, 0.25) is 5.02 Å². The zero-order chi connectivity index (χ0) is 13.9. The predicted molar refractivity (Wildman–Crippen MR) is 79.6 cm³/mol. The largest absolute Gasteiger partial charge is 0.313 e. The van der Waals surface area contributed by atoms with Crippen molar-refractivity contribution in [2.45, 2.75) is 31.7 Å². The van der Waals surface area contributed by atoms with Crippen LogP contribution in [-0.4, -0.2) is 22.0 Å². The molecular formula is C15H17ClN4. The Balaban J connectivity index is 2.05. The van der Waals surface area contributed by atoms with Crippen molar-refractivity contribution in [3.05, 3.63) is 40.8 Å². The SMILES string of the molecule is CNC1CCCCc2nc(-c3ncccc3Cl)ncc21. The number of hydrogen-bond acceptors (Lipinski definition) is 4. The van der Waals surface area contributed by atoms with Gasteiger partial charge in [0.2, 0.25) is 0 Å². The van der Waals surface area contributed by atoms with Crippen molar-refractivity contribution in [1.29, 1.82) is 0 Å². The highest BCUT2D eigenvalue weighted by atomic mass is 35.5. The maximum absolute atomic E-state index is 6.18. The Morgan fingerprint density at radius 1 is 1.30 bits per heavy atom. The average molecular weight is 289 g/mol. The van der Waals surface area contributed by atoms with E-state index < -0.39 is 0 Å². The second-order valence-electron chi connectivity index (χ2n) is 5.02. The predicted octanol–water partition coefficient (Wildman–Crippen LogP) is 3.18. The molecule has 0 amide bonds. The Morgan fingerprint density at radius 2 is 2.20 bits per heavy atom. The first-order chi connectivity index (χ1) is 9.79. The van der Waals surface area contributed by atoms with Gasteiger partial charge in [-0.2, -0.15) is 0 Å². The first-order valence-corrected chi connectivity index (χ1v) is 7.31. The number of rotatable bonds is 2. The average Bonchev–Trinajstić information content (AvgIpc) is 2.69. The van der Waals surface area contributed by atoms with Crippen LogP contribution in [0.15, 0.2) is 24.5 Å².